The first-order valence-corrected chi connectivity index (χ1v) is 8.26. The van der Waals surface area contributed by atoms with Crippen molar-refractivity contribution in [2.45, 2.75) is 31.3 Å². The lowest BCUT2D eigenvalue weighted by Crippen LogP contribution is -2.16. The fraction of sp³-hybridized carbons (Fsp3) is 0.333. The summed E-state index contributed by atoms with van der Waals surface area (Å²) in [5.74, 6) is 0.494. The van der Waals surface area contributed by atoms with Gasteiger partial charge in [-0.05, 0) is 24.0 Å². The Bertz CT molecular complexity index is 673. The molecule has 0 bridgehead atoms. The first-order valence-electron chi connectivity index (χ1n) is 7.28. The maximum atomic E-state index is 12.2. The van der Waals surface area contributed by atoms with Crippen LogP contribution in [-0.4, -0.2) is 26.6 Å². The Balaban J connectivity index is 2.00. The summed E-state index contributed by atoms with van der Waals surface area (Å²) >= 11 is 1.16. The molecule has 122 valence electrons. The number of nitrogens with two attached hydrogens (primary N) is 2. The highest BCUT2D eigenvalue weighted by atomic mass is 32.2. The molecule has 0 saturated heterocycles. The lowest BCUT2D eigenvalue weighted by molar-refractivity contribution is -0.113. The summed E-state index contributed by atoms with van der Waals surface area (Å²) in [7, 11) is 0. The fourth-order valence-corrected chi connectivity index (χ4v) is 2.68. The molecule has 1 aromatic carbocycles. The van der Waals surface area contributed by atoms with Crippen LogP contribution < -0.4 is 16.8 Å². The van der Waals surface area contributed by atoms with Gasteiger partial charge in [-0.1, -0.05) is 43.8 Å². The summed E-state index contributed by atoms with van der Waals surface area (Å²) in [6, 6.07) is 7.82. The van der Waals surface area contributed by atoms with Crippen molar-refractivity contribution in [1.29, 1.82) is 0 Å². The van der Waals surface area contributed by atoms with Gasteiger partial charge >= 0.3 is 0 Å². The zero-order chi connectivity index (χ0) is 16.8. The number of aromatic nitrogens is 3. The second-order valence-electron chi connectivity index (χ2n) is 5.07. The van der Waals surface area contributed by atoms with E-state index in [0.717, 1.165) is 29.4 Å². The third-order valence-corrected chi connectivity index (χ3v) is 4.21. The number of rotatable bonds is 6. The van der Waals surface area contributed by atoms with Crippen LogP contribution >= 0.6 is 11.8 Å². The quantitative estimate of drug-likeness (QED) is 0.694. The van der Waals surface area contributed by atoms with Gasteiger partial charge < -0.3 is 16.8 Å². The van der Waals surface area contributed by atoms with Gasteiger partial charge in [-0.15, -0.1) is 0 Å². The summed E-state index contributed by atoms with van der Waals surface area (Å²) < 4.78 is 0. The number of para-hydroxylation sites is 1. The Morgan fingerprint density at radius 2 is 1.87 bits per heavy atom. The molecule has 1 amide bonds. The van der Waals surface area contributed by atoms with Crippen LogP contribution in [0.1, 0.15) is 31.7 Å². The van der Waals surface area contributed by atoms with Crippen LogP contribution in [0.25, 0.3) is 0 Å². The van der Waals surface area contributed by atoms with Crippen molar-refractivity contribution in [3.05, 3.63) is 29.8 Å². The number of carbonyl (C=O) groups is 1. The topological polar surface area (TPSA) is 120 Å². The number of amides is 1. The average molecular weight is 332 g/mol. The van der Waals surface area contributed by atoms with E-state index in [0.29, 0.717) is 11.1 Å². The molecule has 2 rings (SSSR count). The predicted octanol–water partition coefficient (Wildman–Crippen LogP) is 2.28. The molecule has 0 aliphatic heterocycles. The molecule has 1 heterocycles. The number of anilines is 3. The van der Waals surface area contributed by atoms with Gasteiger partial charge in [0.1, 0.15) is 0 Å². The van der Waals surface area contributed by atoms with E-state index in [4.69, 9.17) is 11.5 Å². The van der Waals surface area contributed by atoms with E-state index in [1.165, 1.54) is 0 Å². The van der Waals surface area contributed by atoms with E-state index < -0.39 is 0 Å². The summed E-state index contributed by atoms with van der Waals surface area (Å²) in [5, 5.41) is 3.27. The minimum Gasteiger partial charge on any atom is -0.368 e. The Hall–Kier alpha value is -2.35. The standard InChI is InChI=1S/C15H20N6OS/c1-3-9(2)10-6-4-5-7-11(10)18-12(22)8-23-15-20-13(16)19-14(17)21-15/h4-7,9H,3,8H2,1-2H3,(H,18,22)(H4,16,17,19,20,21)/t9-/m1/s1. The molecular formula is C15H20N6OS. The van der Waals surface area contributed by atoms with Crippen molar-refractivity contribution in [3.63, 3.8) is 0 Å². The Morgan fingerprint density at radius 1 is 1.22 bits per heavy atom. The van der Waals surface area contributed by atoms with Crippen LogP contribution in [0, 0.1) is 0 Å². The molecule has 2 aromatic rings. The largest absolute Gasteiger partial charge is 0.368 e. The van der Waals surface area contributed by atoms with Crippen molar-refractivity contribution in [1.82, 2.24) is 15.0 Å². The Labute approximate surface area is 139 Å². The van der Waals surface area contributed by atoms with Crippen molar-refractivity contribution in [3.8, 4) is 0 Å². The van der Waals surface area contributed by atoms with E-state index in [-0.39, 0.29) is 23.6 Å². The average Bonchev–Trinajstić information content (AvgIpc) is 2.52. The summed E-state index contributed by atoms with van der Waals surface area (Å²) in [5.41, 5.74) is 13.0. The summed E-state index contributed by atoms with van der Waals surface area (Å²) in [4.78, 5) is 23.7. The van der Waals surface area contributed by atoms with Gasteiger partial charge in [-0.2, -0.15) is 15.0 Å². The molecule has 1 atom stereocenters. The third kappa shape index (κ3) is 4.82. The summed E-state index contributed by atoms with van der Waals surface area (Å²) in [6.07, 6.45) is 1.01. The highest BCUT2D eigenvalue weighted by Crippen LogP contribution is 2.26. The maximum absolute atomic E-state index is 12.2. The predicted molar refractivity (Wildman–Crippen MR) is 93.2 cm³/mol. The number of thioether (sulfide) groups is 1. The number of hydrogen-bond acceptors (Lipinski definition) is 7. The van der Waals surface area contributed by atoms with E-state index >= 15 is 0 Å². The van der Waals surface area contributed by atoms with E-state index in [2.05, 4.69) is 34.1 Å². The maximum Gasteiger partial charge on any atom is 0.234 e. The first kappa shape index (κ1) is 17.0. The van der Waals surface area contributed by atoms with Crippen LogP contribution in [-0.2, 0) is 4.79 Å². The zero-order valence-electron chi connectivity index (χ0n) is 13.1. The van der Waals surface area contributed by atoms with Crippen LogP contribution in [0.15, 0.2) is 29.4 Å². The second-order valence-corrected chi connectivity index (χ2v) is 6.01. The molecule has 1 aromatic heterocycles. The van der Waals surface area contributed by atoms with Crippen molar-refractivity contribution >= 4 is 35.3 Å². The number of hydrogen-bond donors (Lipinski definition) is 3. The number of nitrogens with zero attached hydrogens (tertiary/aromatic N) is 3. The lowest BCUT2D eigenvalue weighted by Gasteiger charge is -2.15. The Morgan fingerprint density at radius 3 is 2.52 bits per heavy atom. The third-order valence-electron chi connectivity index (χ3n) is 3.36. The van der Waals surface area contributed by atoms with Gasteiger partial charge in [-0.25, -0.2) is 0 Å². The van der Waals surface area contributed by atoms with Crippen LogP contribution in [0.4, 0.5) is 17.6 Å². The van der Waals surface area contributed by atoms with E-state index in [9.17, 15) is 4.79 Å². The number of benzene rings is 1. The molecule has 0 saturated carbocycles. The molecule has 8 heteroatoms. The minimum absolute atomic E-state index is 0.0440. The highest BCUT2D eigenvalue weighted by Gasteiger charge is 2.12. The van der Waals surface area contributed by atoms with Crippen LogP contribution in [0.3, 0.4) is 0 Å². The van der Waals surface area contributed by atoms with Gasteiger partial charge in [0.2, 0.25) is 17.8 Å². The molecule has 7 nitrogen and oxygen atoms in total. The van der Waals surface area contributed by atoms with Gasteiger partial charge in [0.15, 0.2) is 5.16 Å². The van der Waals surface area contributed by atoms with Crippen molar-refractivity contribution < 1.29 is 4.79 Å². The molecule has 0 spiro atoms. The number of nitrogen functional groups attached to an aromatic ring is 2. The minimum atomic E-state index is -0.136. The van der Waals surface area contributed by atoms with Crippen molar-refractivity contribution in [2.75, 3.05) is 22.5 Å². The van der Waals surface area contributed by atoms with Gasteiger partial charge in [0.05, 0.1) is 5.75 Å². The van der Waals surface area contributed by atoms with E-state index in [1.807, 2.05) is 24.3 Å². The first-order chi connectivity index (χ1) is 11.0. The molecule has 0 radical (unpaired) electrons. The van der Waals surface area contributed by atoms with E-state index in [1.54, 1.807) is 0 Å². The number of nitrogens with one attached hydrogen (secondary N) is 1. The fourth-order valence-electron chi connectivity index (χ4n) is 2.03. The normalized spacial score (nSPS) is 11.9. The molecular weight excluding hydrogens is 312 g/mol. The summed E-state index contributed by atoms with van der Waals surface area (Å²) in [6.45, 7) is 4.25. The molecule has 0 aliphatic carbocycles. The Kier molecular flexibility index (Phi) is 5.75. The smallest absolute Gasteiger partial charge is 0.234 e. The highest BCUT2D eigenvalue weighted by molar-refractivity contribution is 7.99. The van der Waals surface area contributed by atoms with Gasteiger partial charge in [0, 0.05) is 5.69 Å². The van der Waals surface area contributed by atoms with Crippen LogP contribution in [0.5, 0.6) is 0 Å². The van der Waals surface area contributed by atoms with Gasteiger partial charge in [-0.3, -0.25) is 4.79 Å². The molecule has 23 heavy (non-hydrogen) atoms. The molecule has 5 N–H and O–H groups in total. The molecule has 0 unspecified atom stereocenters. The van der Waals surface area contributed by atoms with Crippen molar-refractivity contribution in [2.24, 2.45) is 0 Å². The van der Waals surface area contributed by atoms with Crippen LogP contribution in [0.2, 0.25) is 0 Å². The second kappa shape index (κ2) is 7.77. The number of carbonyl (C=O) groups excluding carboxylic acids is 1. The lowest BCUT2D eigenvalue weighted by atomic mass is 9.97. The molecule has 0 fully saturated rings. The van der Waals surface area contributed by atoms with Gasteiger partial charge in [0.25, 0.3) is 0 Å². The molecule has 0 aliphatic rings. The SMILES string of the molecule is CC[C@@H](C)c1ccccc1NC(=O)CSc1nc(N)nc(N)n1. The zero-order valence-corrected chi connectivity index (χ0v) is 13.9. The monoisotopic (exact) mass is 332 g/mol.